The maximum absolute atomic E-state index is 11.8. The number of rotatable bonds is 8. The molecule has 0 saturated carbocycles. The van der Waals surface area contributed by atoms with Crippen LogP contribution in [-0.2, 0) is 14.8 Å². The lowest BCUT2D eigenvalue weighted by Crippen LogP contribution is -2.45. The van der Waals surface area contributed by atoms with Gasteiger partial charge in [-0.05, 0) is 26.2 Å². The minimum absolute atomic E-state index is 0.0428. The molecule has 17 heavy (non-hydrogen) atoms. The summed E-state index contributed by atoms with van der Waals surface area (Å²) >= 11 is 0. The van der Waals surface area contributed by atoms with E-state index in [9.17, 15) is 13.2 Å². The summed E-state index contributed by atoms with van der Waals surface area (Å²) in [7, 11) is -3.34. The third kappa shape index (κ3) is 8.15. The second-order valence-electron chi connectivity index (χ2n) is 5.17. The zero-order chi connectivity index (χ0) is 13.7. The molecule has 2 N–H and O–H groups in total. The lowest BCUT2D eigenvalue weighted by atomic mass is 10.0. The van der Waals surface area contributed by atoms with Crippen molar-refractivity contribution >= 4 is 16.0 Å². The van der Waals surface area contributed by atoms with Gasteiger partial charge in [-0.25, -0.2) is 13.1 Å². The molecule has 0 amide bonds. The average Bonchev–Trinajstić information content (AvgIpc) is 2.12. The lowest BCUT2D eigenvalue weighted by molar-refractivity contribution is -0.137. The quantitative estimate of drug-likeness (QED) is 0.698. The van der Waals surface area contributed by atoms with Crippen LogP contribution >= 0.6 is 0 Å². The van der Waals surface area contributed by atoms with E-state index in [1.165, 1.54) is 0 Å². The van der Waals surface area contributed by atoms with Crippen LogP contribution in [0.15, 0.2) is 0 Å². The van der Waals surface area contributed by atoms with Crippen molar-refractivity contribution in [1.82, 2.24) is 4.72 Å². The highest BCUT2D eigenvalue weighted by atomic mass is 32.2. The van der Waals surface area contributed by atoms with E-state index in [-0.39, 0.29) is 24.5 Å². The van der Waals surface area contributed by atoms with Crippen molar-refractivity contribution in [2.24, 2.45) is 5.92 Å². The van der Waals surface area contributed by atoms with Crippen LogP contribution in [0.25, 0.3) is 0 Å². The molecular weight excluding hydrogens is 242 g/mol. The largest absolute Gasteiger partial charge is 0.481 e. The van der Waals surface area contributed by atoms with E-state index in [1.807, 2.05) is 13.8 Å². The molecule has 5 nitrogen and oxygen atoms in total. The number of hydrogen-bond acceptors (Lipinski definition) is 3. The Morgan fingerprint density at radius 3 is 2.35 bits per heavy atom. The van der Waals surface area contributed by atoms with Crippen LogP contribution in [0, 0.1) is 5.92 Å². The third-order valence-corrected chi connectivity index (χ3v) is 4.47. The van der Waals surface area contributed by atoms with Gasteiger partial charge >= 0.3 is 5.97 Å². The molecular formula is C11H23NO4S. The Labute approximate surface area is 104 Å². The van der Waals surface area contributed by atoms with Gasteiger partial charge in [0.2, 0.25) is 10.0 Å². The predicted octanol–water partition coefficient (Wildman–Crippen LogP) is 1.60. The monoisotopic (exact) mass is 265 g/mol. The second kappa shape index (κ2) is 6.35. The van der Waals surface area contributed by atoms with Gasteiger partial charge in [-0.1, -0.05) is 20.3 Å². The van der Waals surface area contributed by atoms with Crippen LogP contribution in [-0.4, -0.2) is 30.8 Å². The van der Waals surface area contributed by atoms with Crippen molar-refractivity contribution in [2.75, 3.05) is 5.75 Å². The molecule has 0 fully saturated rings. The Kier molecular flexibility index (Phi) is 6.12. The SMILES string of the molecule is CCC(C)CS(=O)(=O)NC(C)(C)CCC(=O)O. The topological polar surface area (TPSA) is 83.5 Å². The van der Waals surface area contributed by atoms with Gasteiger partial charge in [-0.15, -0.1) is 0 Å². The average molecular weight is 265 g/mol. The van der Waals surface area contributed by atoms with Crippen molar-refractivity contribution in [3.63, 3.8) is 0 Å². The fourth-order valence-electron chi connectivity index (χ4n) is 1.43. The molecule has 0 aromatic rings. The number of sulfonamides is 1. The molecule has 0 spiro atoms. The van der Waals surface area contributed by atoms with E-state index in [0.717, 1.165) is 6.42 Å². The van der Waals surface area contributed by atoms with Gasteiger partial charge in [0.1, 0.15) is 0 Å². The van der Waals surface area contributed by atoms with E-state index >= 15 is 0 Å². The van der Waals surface area contributed by atoms with E-state index in [1.54, 1.807) is 13.8 Å². The van der Waals surface area contributed by atoms with Crippen LogP contribution in [0.2, 0.25) is 0 Å². The molecule has 0 aromatic carbocycles. The fourth-order valence-corrected chi connectivity index (χ4v) is 3.44. The van der Waals surface area contributed by atoms with Gasteiger partial charge in [0, 0.05) is 12.0 Å². The zero-order valence-electron chi connectivity index (χ0n) is 11.0. The number of carbonyl (C=O) groups is 1. The summed E-state index contributed by atoms with van der Waals surface area (Å²) in [5.41, 5.74) is -0.718. The normalized spacial score (nSPS) is 14.6. The van der Waals surface area contributed by atoms with Crippen LogP contribution in [0.5, 0.6) is 0 Å². The van der Waals surface area contributed by atoms with Gasteiger partial charge < -0.3 is 5.11 Å². The summed E-state index contributed by atoms with van der Waals surface area (Å²) in [6.07, 6.45) is 1.04. The first-order valence-corrected chi connectivity index (χ1v) is 7.46. The molecule has 0 radical (unpaired) electrons. The predicted molar refractivity (Wildman–Crippen MR) is 67.3 cm³/mol. The van der Waals surface area contributed by atoms with Crippen molar-refractivity contribution in [3.8, 4) is 0 Å². The first-order valence-electron chi connectivity index (χ1n) is 5.81. The Balaban J connectivity index is 4.43. The van der Waals surface area contributed by atoms with E-state index in [4.69, 9.17) is 5.11 Å². The molecule has 102 valence electrons. The Morgan fingerprint density at radius 2 is 1.94 bits per heavy atom. The molecule has 0 bridgehead atoms. The Morgan fingerprint density at radius 1 is 1.41 bits per heavy atom. The molecule has 0 aliphatic rings. The molecule has 0 saturated heterocycles. The summed E-state index contributed by atoms with van der Waals surface area (Å²) in [5.74, 6) is -0.734. The summed E-state index contributed by atoms with van der Waals surface area (Å²) in [6.45, 7) is 7.22. The zero-order valence-corrected chi connectivity index (χ0v) is 11.8. The second-order valence-corrected chi connectivity index (χ2v) is 6.94. The molecule has 6 heteroatoms. The maximum Gasteiger partial charge on any atom is 0.303 e. The van der Waals surface area contributed by atoms with Crippen molar-refractivity contribution in [2.45, 2.75) is 52.5 Å². The number of aliphatic carboxylic acids is 1. The highest BCUT2D eigenvalue weighted by molar-refractivity contribution is 7.89. The van der Waals surface area contributed by atoms with Crippen LogP contribution in [0.3, 0.4) is 0 Å². The van der Waals surface area contributed by atoms with Crippen molar-refractivity contribution in [3.05, 3.63) is 0 Å². The van der Waals surface area contributed by atoms with Crippen LogP contribution < -0.4 is 4.72 Å². The summed E-state index contributed by atoms with van der Waals surface area (Å²) in [5, 5.41) is 8.58. The van der Waals surface area contributed by atoms with Gasteiger partial charge in [-0.2, -0.15) is 0 Å². The van der Waals surface area contributed by atoms with Crippen molar-refractivity contribution < 1.29 is 18.3 Å². The number of hydrogen-bond donors (Lipinski definition) is 2. The Hall–Kier alpha value is -0.620. The highest BCUT2D eigenvalue weighted by Crippen LogP contribution is 2.14. The molecule has 0 rings (SSSR count). The minimum Gasteiger partial charge on any atom is -0.481 e. The molecule has 0 aromatic heterocycles. The minimum atomic E-state index is -3.34. The first-order chi connectivity index (χ1) is 7.58. The first kappa shape index (κ1) is 16.4. The number of carboxylic acids is 1. The third-order valence-electron chi connectivity index (χ3n) is 2.60. The summed E-state index contributed by atoms with van der Waals surface area (Å²) in [6, 6.07) is 0. The molecule has 0 aliphatic carbocycles. The highest BCUT2D eigenvalue weighted by Gasteiger charge is 2.26. The lowest BCUT2D eigenvalue weighted by Gasteiger charge is -2.26. The van der Waals surface area contributed by atoms with Gasteiger partial charge in [0.15, 0.2) is 0 Å². The number of carboxylic acid groups (broad SMARTS) is 1. The Bertz CT molecular complexity index is 348. The maximum atomic E-state index is 11.8. The van der Waals surface area contributed by atoms with E-state index < -0.39 is 21.5 Å². The number of nitrogens with one attached hydrogen (secondary N) is 1. The molecule has 0 aliphatic heterocycles. The summed E-state index contributed by atoms with van der Waals surface area (Å²) in [4.78, 5) is 10.5. The van der Waals surface area contributed by atoms with Gasteiger partial charge in [0.25, 0.3) is 0 Å². The molecule has 1 unspecified atom stereocenters. The summed E-state index contributed by atoms with van der Waals surface area (Å²) < 4.78 is 26.2. The smallest absolute Gasteiger partial charge is 0.303 e. The van der Waals surface area contributed by atoms with E-state index in [0.29, 0.717) is 0 Å². The van der Waals surface area contributed by atoms with Crippen LogP contribution in [0.1, 0.15) is 47.0 Å². The van der Waals surface area contributed by atoms with Crippen LogP contribution in [0.4, 0.5) is 0 Å². The van der Waals surface area contributed by atoms with Crippen molar-refractivity contribution in [1.29, 1.82) is 0 Å². The standard InChI is InChI=1S/C11H23NO4S/c1-5-9(2)8-17(15,16)12-11(3,4)7-6-10(13)14/h9,12H,5-8H2,1-4H3,(H,13,14). The fraction of sp³-hybridized carbons (Fsp3) is 0.909. The van der Waals surface area contributed by atoms with E-state index in [2.05, 4.69) is 4.72 Å². The molecule has 1 atom stereocenters. The van der Waals surface area contributed by atoms with Gasteiger partial charge in [0.05, 0.1) is 5.75 Å². The van der Waals surface area contributed by atoms with Gasteiger partial charge in [-0.3, -0.25) is 4.79 Å². The molecule has 0 heterocycles.